The Hall–Kier alpha value is -3.46. The molecule has 0 aliphatic carbocycles. The van der Waals surface area contributed by atoms with Crippen molar-refractivity contribution in [3.05, 3.63) is 53.3 Å². The highest BCUT2D eigenvalue weighted by molar-refractivity contribution is 6.33. The first-order valence-electron chi connectivity index (χ1n) is 10.2. The zero-order valence-electron chi connectivity index (χ0n) is 18.8. The average Bonchev–Trinajstić information content (AvgIpc) is 2.80. The maximum Gasteiger partial charge on any atom is 0.215 e. The molecule has 2 N–H and O–H groups in total. The summed E-state index contributed by atoms with van der Waals surface area (Å²) in [6.07, 6.45) is 3.56. The monoisotopic (exact) mass is 475 g/mol. The summed E-state index contributed by atoms with van der Waals surface area (Å²) in [7, 11) is 3.09. The number of rotatable bonds is 11. The van der Waals surface area contributed by atoms with Crippen LogP contribution in [0.4, 0.5) is 10.2 Å². The van der Waals surface area contributed by atoms with Gasteiger partial charge in [0.1, 0.15) is 23.2 Å². The number of nitrogens with zero attached hydrogens (tertiary/aromatic N) is 4. The largest absolute Gasteiger partial charge is 0.507 e. The molecule has 2 aromatic rings. The van der Waals surface area contributed by atoms with Gasteiger partial charge in [-0.15, -0.1) is 6.58 Å². The lowest BCUT2D eigenvalue weighted by atomic mass is 10.1. The van der Waals surface area contributed by atoms with E-state index in [1.807, 2.05) is 11.8 Å². The van der Waals surface area contributed by atoms with Gasteiger partial charge in [-0.2, -0.15) is 0 Å². The van der Waals surface area contributed by atoms with E-state index in [2.05, 4.69) is 21.9 Å². The molecule has 33 heavy (non-hydrogen) atoms. The van der Waals surface area contributed by atoms with E-state index >= 15 is 0 Å². The van der Waals surface area contributed by atoms with Crippen molar-refractivity contribution >= 4 is 36.1 Å². The number of carbonyl (C=O) groups excluding carboxylic acids is 2. The van der Waals surface area contributed by atoms with E-state index in [9.17, 15) is 19.1 Å². The Morgan fingerprint density at radius 1 is 1.42 bits per heavy atom. The molecule has 0 saturated carbocycles. The molecule has 0 bridgehead atoms. The van der Waals surface area contributed by atoms with Crippen LogP contribution in [0.1, 0.15) is 18.9 Å². The minimum atomic E-state index is -0.706. The van der Waals surface area contributed by atoms with Crippen molar-refractivity contribution in [1.82, 2.24) is 15.2 Å². The van der Waals surface area contributed by atoms with Gasteiger partial charge in [0, 0.05) is 33.2 Å². The molecular formula is C23H27ClFN5O3. The van der Waals surface area contributed by atoms with Crippen molar-refractivity contribution in [2.75, 3.05) is 32.1 Å². The Balaban J connectivity index is 2.72. The lowest BCUT2D eigenvalue weighted by Gasteiger charge is -2.33. The average molecular weight is 476 g/mol. The first kappa shape index (κ1) is 25.8. The van der Waals surface area contributed by atoms with Gasteiger partial charge in [-0.05, 0) is 31.5 Å². The van der Waals surface area contributed by atoms with Crippen LogP contribution in [0.5, 0.6) is 5.75 Å². The van der Waals surface area contributed by atoms with Gasteiger partial charge in [0.25, 0.3) is 0 Å². The number of hydrogen-bond donors (Lipinski definition) is 2. The summed E-state index contributed by atoms with van der Waals surface area (Å²) in [5.74, 6) is -0.393. The van der Waals surface area contributed by atoms with Crippen LogP contribution in [0.3, 0.4) is 0 Å². The molecule has 2 rings (SSSR count). The van der Waals surface area contributed by atoms with Gasteiger partial charge in [-0.1, -0.05) is 23.7 Å². The summed E-state index contributed by atoms with van der Waals surface area (Å²) < 4.78 is 14.5. The SMILES string of the molecule is C=CCCN(C(=NC)c1cc(Cl)c(-c2c(O)cccc2F)nc1N(C)C=O)C(C)CNC=O. The fraction of sp³-hybridized carbons (Fsp3) is 0.304. The van der Waals surface area contributed by atoms with Crippen LogP contribution in [-0.2, 0) is 9.59 Å². The third-order valence-electron chi connectivity index (χ3n) is 5.00. The smallest absolute Gasteiger partial charge is 0.215 e. The Bertz CT molecular complexity index is 1030. The summed E-state index contributed by atoms with van der Waals surface area (Å²) in [5, 5.41) is 12.9. The Labute approximate surface area is 197 Å². The number of aromatic nitrogens is 1. The number of phenols is 1. The van der Waals surface area contributed by atoms with E-state index in [1.54, 1.807) is 13.1 Å². The van der Waals surface area contributed by atoms with Crippen molar-refractivity contribution in [3.8, 4) is 17.0 Å². The second kappa shape index (κ2) is 12.0. The quantitative estimate of drug-likeness (QED) is 0.225. The molecule has 10 heteroatoms. The van der Waals surface area contributed by atoms with Gasteiger partial charge in [0.15, 0.2) is 0 Å². The van der Waals surface area contributed by atoms with E-state index in [0.29, 0.717) is 43.7 Å². The third-order valence-corrected chi connectivity index (χ3v) is 5.29. The fourth-order valence-corrected chi connectivity index (χ4v) is 3.63. The summed E-state index contributed by atoms with van der Waals surface area (Å²) in [6, 6.07) is 5.24. The van der Waals surface area contributed by atoms with Crippen LogP contribution >= 0.6 is 11.6 Å². The normalized spacial score (nSPS) is 12.1. The number of nitrogens with one attached hydrogen (secondary N) is 1. The van der Waals surface area contributed by atoms with E-state index in [-0.39, 0.29) is 33.9 Å². The molecule has 0 aliphatic heterocycles. The maximum absolute atomic E-state index is 14.5. The Morgan fingerprint density at radius 2 is 2.15 bits per heavy atom. The molecule has 176 valence electrons. The first-order chi connectivity index (χ1) is 15.8. The topological polar surface area (TPSA) is 98.1 Å². The van der Waals surface area contributed by atoms with Gasteiger partial charge < -0.3 is 20.2 Å². The molecule has 1 unspecified atom stereocenters. The molecule has 0 spiro atoms. The molecular weight excluding hydrogens is 449 g/mol. The summed E-state index contributed by atoms with van der Waals surface area (Å²) in [4.78, 5) is 34.5. The highest BCUT2D eigenvalue weighted by Crippen LogP contribution is 2.38. The minimum Gasteiger partial charge on any atom is -0.507 e. The van der Waals surface area contributed by atoms with Crippen molar-refractivity contribution < 1.29 is 19.1 Å². The van der Waals surface area contributed by atoms with Crippen molar-refractivity contribution in [3.63, 3.8) is 0 Å². The number of aromatic hydroxyl groups is 1. The summed E-state index contributed by atoms with van der Waals surface area (Å²) in [6.45, 7) is 6.54. The van der Waals surface area contributed by atoms with Crippen LogP contribution in [0.15, 0.2) is 41.9 Å². The molecule has 1 heterocycles. The van der Waals surface area contributed by atoms with Gasteiger partial charge in [-0.3, -0.25) is 14.6 Å². The van der Waals surface area contributed by atoms with E-state index < -0.39 is 5.82 Å². The zero-order chi connectivity index (χ0) is 24.5. The highest BCUT2D eigenvalue weighted by Gasteiger charge is 2.26. The molecule has 1 atom stereocenters. The molecule has 1 aromatic heterocycles. The number of benzene rings is 1. The molecule has 1 aromatic carbocycles. The summed E-state index contributed by atoms with van der Waals surface area (Å²) >= 11 is 6.51. The lowest BCUT2D eigenvalue weighted by molar-refractivity contribution is -0.109. The number of phenolic OH excluding ortho intramolecular Hbond substituents is 1. The number of anilines is 1. The van der Waals surface area contributed by atoms with Crippen LogP contribution in [0, 0.1) is 5.82 Å². The van der Waals surface area contributed by atoms with Crippen molar-refractivity contribution in [1.29, 1.82) is 0 Å². The van der Waals surface area contributed by atoms with E-state index in [4.69, 9.17) is 11.6 Å². The number of halogens is 2. The predicted octanol–water partition coefficient (Wildman–Crippen LogP) is 3.23. The molecule has 2 amide bonds. The van der Waals surface area contributed by atoms with Crippen molar-refractivity contribution in [2.45, 2.75) is 19.4 Å². The number of aliphatic imine (C=N–C) groups is 1. The van der Waals surface area contributed by atoms with Crippen molar-refractivity contribution in [2.24, 2.45) is 4.99 Å². The number of carbonyl (C=O) groups is 2. The number of hydrogen-bond acceptors (Lipinski definition) is 5. The number of pyridine rings is 1. The van der Waals surface area contributed by atoms with E-state index in [1.165, 1.54) is 36.2 Å². The van der Waals surface area contributed by atoms with Crippen LogP contribution in [0.25, 0.3) is 11.3 Å². The van der Waals surface area contributed by atoms with Gasteiger partial charge in [-0.25, -0.2) is 9.37 Å². The highest BCUT2D eigenvalue weighted by atomic mass is 35.5. The Morgan fingerprint density at radius 3 is 2.73 bits per heavy atom. The Kier molecular flexibility index (Phi) is 9.35. The summed E-state index contributed by atoms with van der Waals surface area (Å²) in [5.41, 5.74) is 0.249. The second-order valence-electron chi connectivity index (χ2n) is 7.23. The van der Waals surface area contributed by atoms with Gasteiger partial charge in [0.05, 0.1) is 21.8 Å². The van der Waals surface area contributed by atoms with Crippen LogP contribution < -0.4 is 10.2 Å². The number of amidine groups is 1. The fourth-order valence-electron chi connectivity index (χ4n) is 3.38. The molecule has 0 saturated heterocycles. The third kappa shape index (κ3) is 5.87. The predicted molar refractivity (Wildman–Crippen MR) is 128 cm³/mol. The van der Waals surface area contributed by atoms with Crippen LogP contribution in [0.2, 0.25) is 5.02 Å². The molecule has 0 fully saturated rings. The minimum absolute atomic E-state index is 0.0107. The molecule has 0 radical (unpaired) electrons. The molecule has 0 aliphatic rings. The maximum atomic E-state index is 14.5. The van der Waals surface area contributed by atoms with Gasteiger partial charge in [0.2, 0.25) is 12.8 Å². The standard InChI is InChI=1S/C23H27ClFN5O3/c1-5-6-10-30(15(2)12-27-13-31)22(26-3)16-11-17(24)21(28-23(16)29(4)14-32)20-18(25)8-7-9-19(20)33/h5,7-9,11,13-15,33H,1,6,10,12H2,2-4H3,(H,27,31). The van der Waals surface area contributed by atoms with Crippen LogP contribution in [-0.4, -0.2) is 66.9 Å². The second-order valence-corrected chi connectivity index (χ2v) is 7.64. The first-order valence-corrected chi connectivity index (χ1v) is 10.6. The zero-order valence-corrected chi connectivity index (χ0v) is 19.5. The number of amides is 2. The lowest BCUT2D eigenvalue weighted by Crippen LogP contribution is -2.45. The van der Waals surface area contributed by atoms with E-state index in [0.717, 1.165) is 0 Å². The van der Waals surface area contributed by atoms with Gasteiger partial charge >= 0.3 is 0 Å². The molecule has 8 nitrogen and oxygen atoms in total.